The summed E-state index contributed by atoms with van der Waals surface area (Å²) in [5, 5.41) is 0. The van der Waals surface area contributed by atoms with Gasteiger partial charge >= 0.3 is 0 Å². The molecule has 2 aliphatic rings. The molecular formula is C14H19N. The third-order valence-electron chi connectivity index (χ3n) is 4.43. The number of fused-ring (bicyclic) bond motifs is 3. The van der Waals surface area contributed by atoms with Crippen molar-refractivity contribution in [2.24, 2.45) is 17.6 Å². The summed E-state index contributed by atoms with van der Waals surface area (Å²) in [6, 6.07) is 9.00. The Morgan fingerprint density at radius 1 is 1.20 bits per heavy atom. The van der Waals surface area contributed by atoms with Crippen LogP contribution in [0.5, 0.6) is 0 Å². The Labute approximate surface area is 91.7 Å². The van der Waals surface area contributed by atoms with Gasteiger partial charge in [-0.25, -0.2) is 0 Å². The van der Waals surface area contributed by atoms with Crippen molar-refractivity contribution in [3.63, 3.8) is 0 Å². The molecule has 1 nitrogen and oxygen atoms in total. The van der Waals surface area contributed by atoms with Crippen LogP contribution < -0.4 is 5.73 Å². The molecule has 1 aromatic carbocycles. The Bertz CT molecular complexity index is 358. The second-order valence-electron chi connectivity index (χ2n) is 5.10. The van der Waals surface area contributed by atoms with Crippen LogP contribution in [0, 0.1) is 11.8 Å². The summed E-state index contributed by atoms with van der Waals surface area (Å²) in [7, 11) is 0. The van der Waals surface area contributed by atoms with E-state index in [9.17, 15) is 0 Å². The molecule has 3 rings (SSSR count). The quantitative estimate of drug-likeness (QED) is 0.742. The maximum Gasteiger partial charge on any atom is -0.00459 e. The summed E-state index contributed by atoms with van der Waals surface area (Å²) < 4.78 is 0. The van der Waals surface area contributed by atoms with Gasteiger partial charge < -0.3 is 5.73 Å². The lowest BCUT2D eigenvalue weighted by atomic mass is 9.72. The molecule has 1 heteroatoms. The highest BCUT2D eigenvalue weighted by molar-refractivity contribution is 5.37. The fraction of sp³-hybridized carbons (Fsp3) is 0.571. The maximum absolute atomic E-state index is 5.89. The van der Waals surface area contributed by atoms with Crippen LogP contribution in [-0.2, 0) is 6.42 Å². The second kappa shape index (κ2) is 3.64. The number of hydrogen-bond acceptors (Lipinski definition) is 1. The predicted octanol–water partition coefficient (Wildman–Crippen LogP) is 2.70. The second-order valence-corrected chi connectivity index (χ2v) is 5.10. The van der Waals surface area contributed by atoms with Gasteiger partial charge in [-0.3, -0.25) is 0 Å². The van der Waals surface area contributed by atoms with Gasteiger partial charge in [-0.05, 0) is 54.7 Å². The normalized spacial score (nSPS) is 33.5. The van der Waals surface area contributed by atoms with Crippen molar-refractivity contribution >= 4 is 0 Å². The molecule has 0 bridgehead atoms. The summed E-state index contributed by atoms with van der Waals surface area (Å²) in [5.74, 6) is 2.45. The van der Waals surface area contributed by atoms with E-state index in [-0.39, 0.29) is 0 Å². The Hall–Kier alpha value is -0.820. The van der Waals surface area contributed by atoms with E-state index in [1.807, 2.05) is 0 Å². The largest absolute Gasteiger partial charge is 0.330 e. The van der Waals surface area contributed by atoms with E-state index in [4.69, 9.17) is 5.73 Å². The van der Waals surface area contributed by atoms with Gasteiger partial charge in [0, 0.05) is 0 Å². The summed E-state index contributed by atoms with van der Waals surface area (Å²) in [5.41, 5.74) is 9.11. The summed E-state index contributed by atoms with van der Waals surface area (Å²) in [6.07, 6.45) is 5.39. The van der Waals surface area contributed by atoms with Crippen molar-refractivity contribution in [2.75, 3.05) is 6.54 Å². The minimum Gasteiger partial charge on any atom is -0.330 e. The van der Waals surface area contributed by atoms with Gasteiger partial charge in [-0.15, -0.1) is 0 Å². The molecule has 1 saturated carbocycles. The van der Waals surface area contributed by atoms with E-state index < -0.39 is 0 Å². The average Bonchev–Trinajstić information content (AvgIpc) is 2.67. The number of benzene rings is 1. The van der Waals surface area contributed by atoms with Gasteiger partial charge in [0.05, 0.1) is 0 Å². The lowest BCUT2D eigenvalue weighted by molar-refractivity contribution is 0.224. The summed E-state index contributed by atoms with van der Waals surface area (Å²) in [4.78, 5) is 0. The van der Waals surface area contributed by atoms with Gasteiger partial charge in [0.1, 0.15) is 0 Å². The van der Waals surface area contributed by atoms with E-state index >= 15 is 0 Å². The molecule has 0 heterocycles. The van der Waals surface area contributed by atoms with Gasteiger partial charge in [-0.1, -0.05) is 30.7 Å². The fourth-order valence-corrected chi connectivity index (χ4v) is 3.68. The Balaban J connectivity index is 1.95. The van der Waals surface area contributed by atoms with E-state index in [2.05, 4.69) is 24.3 Å². The molecule has 0 aromatic heterocycles. The lowest BCUT2D eigenvalue weighted by Crippen LogP contribution is -2.30. The van der Waals surface area contributed by atoms with Crippen molar-refractivity contribution in [1.29, 1.82) is 0 Å². The molecule has 2 aliphatic carbocycles. The number of rotatable bonds is 1. The zero-order valence-electron chi connectivity index (χ0n) is 9.15. The highest BCUT2D eigenvalue weighted by atomic mass is 14.6. The van der Waals surface area contributed by atoms with E-state index in [0.29, 0.717) is 0 Å². The first-order chi connectivity index (χ1) is 7.40. The number of hydrogen-bond donors (Lipinski definition) is 1. The topological polar surface area (TPSA) is 26.0 Å². The molecule has 0 radical (unpaired) electrons. The third kappa shape index (κ3) is 1.41. The van der Waals surface area contributed by atoms with Crippen molar-refractivity contribution in [1.82, 2.24) is 0 Å². The molecule has 0 amide bonds. The van der Waals surface area contributed by atoms with Gasteiger partial charge in [0.25, 0.3) is 0 Å². The first-order valence-electron chi connectivity index (χ1n) is 6.18. The van der Waals surface area contributed by atoms with Crippen LogP contribution in [0.2, 0.25) is 0 Å². The maximum atomic E-state index is 5.89. The molecule has 1 fully saturated rings. The van der Waals surface area contributed by atoms with Crippen LogP contribution in [0.15, 0.2) is 24.3 Å². The van der Waals surface area contributed by atoms with Gasteiger partial charge in [-0.2, -0.15) is 0 Å². The summed E-state index contributed by atoms with van der Waals surface area (Å²) >= 11 is 0. The standard InChI is InChI=1S/C14H19N/c15-9-11-5-3-7-13-12-6-2-1-4-10(12)8-14(11)13/h1-2,4,6,11,13-14H,3,5,7-9,15H2/t11?,13-,14-/m0/s1. The van der Waals surface area contributed by atoms with Crippen molar-refractivity contribution in [3.8, 4) is 0 Å². The van der Waals surface area contributed by atoms with Crippen LogP contribution in [0.1, 0.15) is 36.3 Å². The molecule has 2 N–H and O–H groups in total. The van der Waals surface area contributed by atoms with E-state index in [1.165, 1.54) is 25.7 Å². The molecule has 1 aromatic rings. The third-order valence-corrected chi connectivity index (χ3v) is 4.43. The Morgan fingerprint density at radius 3 is 2.93 bits per heavy atom. The van der Waals surface area contributed by atoms with Crippen molar-refractivity contribution < 1.29 is 0 Å². The zero-order valence-corrected chi connectivity index (χ0v) is 9.15. The molecule has 1 unspecified atom stereocenters. The molecule has 80 valence electrons. The first kappa shape index (κ1) is 9.41. The molecule has 0 saturated heterocycles. The lowest BCUT2D eigenvalue weighted by Gasteiger charge is -2.33. The van der Waals surface area contributed by atoms with Crippen LogP contribution in [-0.4, -0.2) is 6.54 Å². The molecule has 0 aliphatic heterocycles. The van der Waals surface area contributed by atoms with Crippen LogP contribution in [0.25, 0.3) is 0 Å². The minimum absolute atomic E-state index is 0.774. The molecular weight excluding hydrogens is 182 g/mol. The van der Waals surface area contributed by atoms with Crippen molar-refractivity contribution in [3.05, 3.63) is 35.4 Å². The summed E-state index contributed by atoms with van der Waals surface area (Å²) in [6.45, 7) is 0.884. The first-order valence-corrected chi connectivity index (χ1v) is 6.18. The highest BCUT2D eigenvalue weighted by Crippen LogP contribution is 2.48. The van der Waals surface area contributed by atoms with Gasteiger partial charge in [0.2, 0.25) is 0 Å². The predicted molar refractivity (Wildman–Crippen MR) is 62.8 cm³/mol. The fourth-order valence-electron chi connectivity index (χ4n) is 3.68. The molecule has 15 heavy (non-hydrogen) atoms. The van der Waals surface area contributed by atoms with Crippen LogP contribution >= 0.6 is 0 Å². The van der Waals surface area contributed by atoms with Crippen molar-refractivity contribution in [2.45, 2.75) is 31.6 Å². The van der Waals surface area contributed by atoms with Gasteiger partial charge in [0.15, 0.2) is 0 Å². The molecule has 0 spiro atoms. The minimum atomic E-state index is 0.774. The SMILES string of the molecule is NCC1CCC[C@H]2c3ccccc3C[C@@H]12. The van der Waals surface area contributed by atoms with Crippen LogP contribution in [0.3, 0.4) is 0 Å². The monoisotopic (exact) mass is 201 g/mol. The van der Waals surface area contributed by atoms with Crippen LogP contribution in [0.4, 0.5) is 0 Å². The van der Waals surface area contributed by atoms with E-state index in [1.54, 1.807) is 11.1 Å². The Kier molecular flexibility index (Phi) is 2.28. The highest BCUT2D eigenvalue weighted by Gasteiger charge is 2.38. The Morgan fingerprint density at radius 2 is 2.07 bits per heavy atom. The zero-order chi connectivity index (χ0) is 10.3. The number of nitrogens with two attached hydrogens (primary N) is 1. The van der Waals surface area contributed by atoms with E-state index in [0.717, 1.165) is 24.3 Å². The molecule has 3 atom stereocenters. The smallest absolute Gasteiger partial charge is 0.00459 e. The average molecular weight is 201 g/mol.